The summed E-state index contributed by atoms with van der Waals surface area (Å²) in [6, 6.07) is 5.86. The van der Waals surface area contributed by atoms with E-state index in [-0.39, 0.29) is 0 Å². The molecule has 0 saturated carbocycles. The van der Waals surface area contributed by atoms with Crippen LogP contribution in [0.3, 0.4) is 0 Å². The van der Waals surface area contributed by atoms with Gasteiger partial charge in [0.05, 0.1) is 22.8 Å². The van der Waals surface area contributed by atoms with Gasteiger partial charge in [0, 0.05) is 51.5 Å². The van der Waals surface area contributed by atoms with Crippen molar-refractivity contribution in [1.29, 1.82) is 0 Å². The van der Waals surface area contributed by atoms with Gasteiger partial charge in [-0.25, -0.2) is 0 Å². The van der Waals surface area contributed by atoms with Crippen molar-refractivity contribution in [3.05, 3.63) is 28.2 Å². The van der Waals surface area contributed by atoms with Crippen LogP contribution in [0.1, 0.15) is 0 Å². The monoisotopic (exact) mass is 329 g/mol. The van der Waals surface area contributed by atoms with E-state index in [2.05, 4.69) is 15.1 Å². The molecule has 0 aliphatic carbocycles. The van der Waals surface area contributed by atoms with Crippen molar-refractivity contribution in [2.45, 2.75) is 6.10 Å². The highest BCUT2D eigenvalue weighted by molar-refractivity contribution is 6.42. The zero-order valence-corrected chi connectivity index (χ0v) is 13.5. The number of piperazine rings is 1. The van der Waals surface area contributed by atoms with Crippen LogP contribution in [-0.2, 0) is 4.74 Å². The lowest BCUT2D eigenvalue weighted by Gasteiger charge is -2.38. The largest absolute Gasteiger partial charge is 0.374 e. The number of hydrogen-bond donors (Lipinski definition) is 1. The minimum absolute atomic E-state index is 0.329. The first-order valence-electron chi connectivity index (χ1n) is 7.47. The minimum Gasteiger partial charge on any atom is -0.374 e. The maximum Gasteiger partial charge on any atom is 0.0826 e. The maximum absolute atomic E-state index is 6.10. The summed E-state index contributed by atoms with van der Waals surface area (Å²) in [6.07, 6.45) is 0.329. The molecule has 0 unspecified atom stereocenters. The normalized spacial score (nSPS) is 24.3. The third-order valence-corrected chi connectivity index (χ3v) is 4.85. The van der Waals surface area contributed by atoms with Gasteiger partial charge in [0.25, 0.3) is 0 Å². The summed E-state index contributed by atoms with van der Waals surface area (Å²) < 4.78 is 5.77. The Hall–Kier alpha value is -0.520. The molecule has 0 aromatic heterocycles. The Morgan fingerprint density at radius 3 is 2.62 bits per heavy atom. The quantitative estimate of drug-likeness (QED) is 0.919. The van der Waals surface area contributed by atoms with Gasteiger partial charge < -0.3 is 15.0 Å². The molecule has 21 heavy (non-hydrogen) atoms. The van der Waals surface area contributed by atoms with E-state index in [1.165, 1.54) is 0 Å². The van der Waals surface area contributed by atoms with E-state index in [1.807, 2.05) is 18.2 Å². The van der Waals surface area contributed by atoms with Crippen molar-refractivity contribution in [3.8, 4) is 0 Å². The SMILES string of the molecule is Clc1ccc(N2CCN(C[C@H]3CNCCO3)CC2)cc1Cl. The Kier molecular flexibility index (Phi) is 5.24. The zero-order valence-electron chi connectivity index (χ0n) is 12.0. The van der Waals surface area contributed by atoms with Gasteiger partial charge >= 0.3 is 0 Å². The van der Waals surface area contributed by atoms with Crippen LogP contribution >= 0.6 is 23.2 Å². The Labute approximate surface area is 135 Å². The number of halogens is 2. The summed E-state index contributed by atoms with van der Waals surface area (Å²) in [6.45, 7) is 7.92. The Bertz CT molecular complexity index is 472. The summed E-state index contributed by atoms with van der Waals surface area (Å²) in [5, 5.41) is 4.62. The first-order chi connectivity index (χ1) is 10.2. The predicted octanol–water partition coefficient (Wildman–Crippen LogP) is 2.10. The number of nitrogens with one attached hydrogen (secondary N) is 1. The Morgan fingerprint density at radius 1 is 1.14 bits per heavy atom. The first-order valence-corrected chi connectivity index (χ1v) is 8.22. The number of nitrogens with zero attached hydrogens (tertiary/aromatic N) is 2. The molecule has 2 fully saturated rings. The van der Waals surface area contributed by atoms with Crippen LogP contribution in [0.25, 0.3) is 0 Å². The average Bonchev–Trinajstić information content (AvgIpc) is 2.52. The highest BCUT2D eigenvalue weighted by atomic mass is 35.5. The second-order valence-electron chi connectivity index (χ2n) is 5.58. The number of benzene rings is 1. The Morgan fingerprint density at radius 2 is 1.95 bits per heavy atom. The molecule has 1 N–H and O–H groups in total. The van der Waals surface area contributed by atoms with Crippen LogP contribution in [0.2, 0.25) is 10.0 Å². The van der Waals surface area contributed by atoms with E-state index in [0.29, 0.717) is 16.1 Å². The van der Waals surface area contributed by atoms with E-state index in [0.717, 1.165) is 58.1 Å². The van der Waals surface area contributed by atoms with Crippen LogP contribution in [0.15, 0.2) is 18.2 Å². The predicted molar refractivity (Wildman–Crippen MR) is 87.7 cm³/mol. The van der Waals surface area contributed by atoms with E-state index >= 15 is 0 Å². The standard InChI is InChI=1S/C15H21Cl2N3O/c16-14-2-1-12(9-15(14)17)20-6-4-19(5-7-20)11-13-10-18-3-8-21-13/h1-2,9,13,18H,3-8,10-11H2/t13-/m1/s1. The van der Waals surface area contributed by atoms with E-state index in [9.17, 15) is 0 Å². The second kappa shape index (κ2) is 7.16. The molecule has 1 atom stereocenters. The molecule has 2 heterocycles. The molecule has 0 bridgehead atoms. The van der Waals surface area contributed by atoms with Gasteiger partial charge in [0.15, 0.2) is 0 Å². The number of ether oxygens (including phenoxy) is 1. The van der Waals surface area contributed by atoms with Gasteiger partial charge in [0.1, 0.15) is 0 Å². The van der Waals surface area contributed by atoms with Crippen LogP contribution in [0, 0.1) is 0 Å². The van der Waals surface area contributed by atoms with Crippen molar-refractivity contribution >= 4 is 28.9 Å². The highest BCUT2D eigenvalue weighted by Gasteiger charge is 2.22. The van der Waals surface area contributed by atoms with E-state index in [4.69, 9.17) is 27.9 Å². The molecule has 1 aromatic rings. The molecule has 2 aliphatic rings. The maximum atomic E-state index is 6.10. The molecule has 1 aromatic carbocycles. The lowest BCUT2D eigenvalue weighted by molar-refractivity contribution is 0.00465. The minimum atomic E-state index is 0.329. The third-order valence-electron chi connectivity index (χ3n) is 4.11. The van der Waals surface area contributed by atoms with Crippen molar-refractivity contribution in [1.82, 2.24) is 10.2 Å². The number of rotatable bonds is 3. The fourth-order valence-electron chi connectivity index (χ4n) is 2.90. The molecule has 0 amide bonds. The van der Waals surface area contributed by atoms with Crippen molar-refractivity contribution in [2.24, 2.45) is 0 Å². The average molecular weight is 330 g/mol. The summed E-state index contributed by atoms with van der Waals surface area (Å²) in [5.74, 6) is 0. The summed E-state index contributed by atoms with van der Waals surface area (Å²) >= 11 is 12.1. The van der Waals surface area contributed by atoms with Gasteiger partial charge in [-0.05, 0) is 18.2 Å². The van der Waals surface area contributed by atoms with Crippen molar-refractivity contribution in [3.63, 3.8) is 0 Å². The van der Waals surface area contributed by atoms with Gasteiger partial charge in [-0.2, -0.15) is 0 Å². The summed E-state index contributed by atoms with van der Waals surface area (Å²) in [5.41, 5.74) is 1.15. The molecule has 4 nitrogen and oxygen atoms in total. The van der Waals surface area contributed by atoms with Crippen LogP contribution < -0.4 is 10.2 Å². The molecule has 6 heteroatoms. The third kappa shape index (κ3) is 4.02. The van der Waals surface area contributed by atoms with Crippen LogP contribution in [0.5, 0.6) is 0 Å². The summed E-state index contributed by atoms with van der Waals surface area (Å²) in [4.78, 5) is 4.84. The second-order valence-corrected chi connectivity index (χ2v) is 6.40. The molecule has 2 aliphatic heterocycles. The van der Waals surface area contributed by atoms with Crippen LogP contribution in [-0.4, -0.2) is 63.4 Å². The number of anilines is 1. The van der Waals surface area contributed by atoms with Crippen molar-refractivity contribution < 1.29 is 4.74 Å². The first kappa shape index (κ1) is 15.4. The Balaban J connectivity index is 1.51. The highest BCUT2D eigenvalue weighted by Crippen LogP contribution is 2.27. The fraction of sp³-hybridized carbons (Fsp3) is 0.600. The fourth-order valence-corrected chi connectivity index (χ4v) is 3.19. The topological polar surface area (TPSA) is 27.7 Å². The van der Waals surface area contributed by atoms with Crippen LogP contribution in [0.4, 0.5) is 5.69 Å². The molecule has 0 radical (unpaired) electrons. The molecule has 3 rings (SSSR count). The number of hydrogen-bond acceptors (Lipinski definition) is 4. The van der Waals surface area contributed by atoms with Gasteiger partial charge in [-0.1, -0.05) is 23.2 Å². The molecule has 2 saturated heterocycles. The summed E-state index contributed by atoms with van der Waals surface area (Å²) in [7, 11) is 0. The van der Waals surface area contributed by atoms with Gasteiger partial charge in [-0.15, -0.1) is 0 Å². The smallest absolute Gasteiger partial charge is 0.0826 e. The van der Waals surface area contributed by atoms with Gasteiger partial charge in [-0.3, -0.25) is 4.90 Å². The lowest BCUT2D eigenvalue weighted by atomic mass is 10.2. The molecule has 116 valence electrons. The van der Waals surface area contributed by atoms with Crippen molar-refractivity contribution in [2.75, 3.05) is 57.3 Å². The molecule has 0 spiro atoms. The molecular formula is C15H21Cl2N3O. The zero-order chi connectivity index (χ0) is 14.7. The lowest BCUT2D eigenvalue weighted by Crippen LogP contribution is -2.51. The molecular weight excluding hydrogens is 309 g/mol. The van der Waals surface area contributed by atoms with Gasteiger partial charge in [0.2, 0.25) is 0 Å². The number of morpholine rings is 1. The van der Waals surface area contributed by atoms with E-state index < -0.39 is 0 Å². The van der Waals surface area contributed by atoms with E-state index in [1.54, 1.807) is 0 Å².